The van der Waals surface area contributed by atoms with E-state index in [0.717, 1.165) is 81.9 Å². The first-order chi connectivity index (χ1) is 32.8. The topological polar surface area (TPSA) is 51.8 Å². The predicted molar refractivity (Wildman–Crippen MR) is 269 cm³/mol. The largest absolute Gasteiger partial charge is 0.486 e. The summed E-state index contributed by atoms with van der Waals surface area (Å²) in [6.07, 6.45) is 3.41. The van der Waals surface area contributed by atoms with Gasteiger partial charge in [-0.05, 0) is 133 Å². The quantitative estimate of drug-likeness (QED) is 0.0979. The number of fused-ring (bicyclic) bond motifs is 6. The molecule has 1 saturated carbocycles. The van der Waals surface area contributed by atoms with Gasteiger partial charge in [-0.2, -0.15) is 13.2 Å². The van der Waals surface area contributed by atoms with Crippen LogP contribution in [0.25, 0.3) is 77.3 Å². The van der Waals surface area contributed by atoms with Gasteiger partial charge in [0.05, 0.1) is 13.7 Å². The van der Waals surface area contributed by atoms with Crippen molar-refractivity contribution in [2.45, 2.75) is 104 Å². The molecule has 0 spiro atoms. The van der Waals surface area contributed by atoms with E-state index in [9.17, 15) is 14.5 Å². The minimum atomic E-state index is -4.33. The van der Waals surface area contributed by atoms with Gasteiger partial charge in [0.1, 0.15) is 0 Å². The van der Waals surface area contributed by atoms with E-state index >= 15 is 0 Å². The smallest absolute Gasteiger partial charge is 0.381 e. The Bertz CT molecular complexity index is 3360. The van der Waals surface area contributed by atoms with Crippen LogP contribution >= 0.6 is 0 Å². The number of aryl methyl sites for hydroxylation is 1. The molecule has 67 heavy (non-hydrogen) atoms. The second kappa shape index (κ2) is 18.2. The van der Waals surface area contributed by atoms with Crippen molar-refractivity contribution >= 4 is 56.9 Å². The molecule has 4 nitrogen and oxygen atoms in total. The van der Waals surface area contributed by atoms with Crippen molar-refractivity contribution in [3.63, 3.8) is 0 Å². The Kier molecular flexibility index (Phi) is 11.6. The van der Waals surface area contributed by atoms with E-state index in [-0.39, 0.29) is 36.9 Å². The van der Waals surface area contributed by atoms with Crippen molar-refractivity contribution in [1.82, 2.24) is 15.0 Å². The molecule has 1 fully saturated rings. The Labute approximate surface area is 412 Å². The summed E-state index contributed by atoms with van der Waals surface area (Å²) in [6.45, 7) is 15.6. The molecule has 0 atom stereocenters. The molecule has 4 aromatic heterocycles. The monoisotopic (exact) mass is 1090 g/mol. The molecular formula is C58H56F3IrN3OSi-2. The molecule has 4 heterocycles. The molecule has 0 amide bonds. The molecule has 1 aliphatic rings. The van der Waals surface area contributed by atoms with Crippen molar-refractivity contribution in [2.75, 3.05) is 0 Å². The summed E-state index contributed by atoms with van der Waals surface area (Å²) in [5.41, 5.74) is 7.39. The van der Waals surface area contributed by atoms with E-state index in [4.69, 9.17) is 13.5 Å². The van der Waals surface area contributed by atoms with Crippen LogP contribution in [0.5, 0.6) is 0 Å². The Balaban J connectivity index is 0.000000271. The Morgan fingerprint density at radius 2 is 1.46 bits per heavy atom. The predicted octanol–water partition coefficient (Wildman–Crippen LogP) is 16.2. The van der Waals surface area contributed by atoms with Gasteiger partial charge >= 0.3 is 6.18 Å². The molecule has 10 rings (SSSR count). The zero-order valence-corrected chi connectivity index (χ0v) is 42.5. The van der Waals surface area contributed by atoms with Crippen molar-refractivity contribution < 1.29 is 43.2 Å². The van der Waals surface area contributed by atoms with E-state index in [2.05, 4.69) is 131 Å². The van der Waals surface area contributed by atoms with Gasteiger partial charge in [-0.1, -0.05) is 126 Å². The number of benzene rings is 5. The summed E-state index contributed by atoms with van der Waals surface area (Å²) in [7, 11) is -1.41. The molecule has 0 bridgehead atoms. The summed E-state index contributed by atoms with van der Waals surface area (Å²) in [4.78, 5) is 13.6. The van der Waals surface area contributed by atoms with Crippen LogP contribution < -0.4 is 5.19 Å². The van der Waals surface area contributed by atoms with Crippen LogP contribution in [-0.2, 0) is 31.7 Å². The fraction of sp³-hybridized carbons (Fsp3) is 0.293. The number of furan rings is 1. The van der Waals surface area contributed by atoms with E-state index in [1.54, 1.807) is 12.1 Å². The average Bonchev–Trinajstić information content (AvgIpc) is 3.70. The van der Waals surface area contributed by atoms with Crippen LogP contribution in [0.15, 0.2) is 126 Å². The zero-order valence-electron chi connectivity index (χ0n) is 43.1. The number of halogens is 3. The van der Waals surface area contributed by atoms with Gasteiger partial charge in [-0.3, -0.25) is 0 Å². The molecule has 0 unspecified atom stereocenters. The Morgan fingerprint density at radius 3 is 2.10 bits per heavy atom. The van der Waals surface area contributed by atoms with E-state index < -0.39 is 32.6 Å². The van der Waals surface area contributed by atoms with Gasteiger partial charge in [0.25, 0.3) is 0 Å². The zero-order chi connectivity index (χ0) is 50.2. The molecule has 0 aliphatic heterocycles. The molecule has 9 aromatic rings. The molecule has 5 aromatic carbocycles. The summed E-state index contributed by atoms with van der Waals surface area (Å²) in [6, 6.07) is 40.2. The number of rotatable bonds is 5. The van der Waals surface area contributed by atoms with E-state index in [1.165, 1.54) is 27.4 Å². The summed E-state index contributed by atoms with van der Waals surface area (Å²) < 4.78 is 76.4. The second-order valence-electron chi connectivity index (χ2n) is 20.5. The summed E-state index contributed by atoms with van der Waals surface area (Å²) in [5.74, 6) is -0.522. The maximum Gasteiger partial charge on any atom is 0.381 e. The molecule has 345 valence electrons. The van der Waals surface area contributed by atoms with Gasteiger partial charge in [0, 0.05) is 49.1 Å². The van der Waals surface area contributed by atoms with Gasteiger partial charge in [0.15, 0.2) is 0 Å². The molecule has 1 radical (unpaired) electrons. The number of alkyl halides is 3. The van der Waals surface area contributed by atoms with Crippen LogP contribution in [0.2, 0.25) is 19.6 Å². The minimum absolute atomic E-state index is 0. The van der Waals surface area contributed by atoms with Gasteiger partial charge in [0.2, 0.25) is 5.71 Å². The first-order valence-corrected chi connectivity index (χ1v) is 26.1. The summed E-state index contributed by atoms with van der Waals surface area (Å²) in [5, 5.41) is 7.53. The first kappa shape index (κ1) is 42.9. The number of hydrogen-bond acceptors (Lipinski definition) is 4. The van der Waals surface area contributed by atoms with E-state index in [1.807, 2.05) is 36.7 Å². The number of hydrogen-bond donors (Lipinski definition) is 0. The molecule has 1 aliphatic carbocycles. The molecular weight excluding hydrogens is 1030 g/mol. The molecule has 9 heteroatoms. The van der Waals surface area contributed by atoms with Gasteiger partial charge < -0.3 is 14.4 Å². The third-order valence-corrected chi connectivity index (χ3v) is 15.1. The summed E-state index contributed by atoms with van der Waals surface area (Å²) >= 11 is 0. The number of nitrogens with zero attached hydrogens (tertiary/aromatic N) is 3. The van der Waals surface area contributed by atoms with Gasteiger partial charge in [-0.25, -0.2) is 4.98 Å². The van der Waals surface area contributed by atoms with Crippen molar-refractivity contribution in [3.8, 4) is 33.6 Å². The average molecular weight is 1090 g/mol. The SMILES string of the molecule is C[Si](C)(C)c1ccc(-c2[c-]cc(C(F)(F)F)cc2)nc1.[2H]C([2H])([2H])c1ccc2c(n1)oc1c(-c3cc(-c4ccc5c(ccc6cc(C7([2H])CCC(C)(C)CC7)ccc65)c4)c(C(C)(C)C)cn3)[c-]ccc12.[Ir]. The minimum Gasteiger partial charge on any atom is -0.486 e. The van der Waals surface area contributed by atoms with E-state index in [0.29, 0.717) is 27.8 Å². The standard InChI is InChI=1S/C43H41N2O.C15H15F3NSi.Ir/c1-26-10-15-35-34-8-7-9-36(40(34)46-41(35)45-26)39-24-37(38(25-44-39)42(2,3)4)31-14-17-33-30(23-31)12-11-29-22-28(13-16-32(29)33)27-18-20-43(5,6)21-19-27;1-20(2,3)13-8-9-14(19-10-13)11-4-6-12(7-5-11)15(16,17)18;/h7-8,10-17,22-25,27H,18-21H2,1-6H3;4,6-10H,1-3H3;/q2*-1;/i1D3,27D;;. The number of aromatic nitrogens is 3. The maximum atomic E-state index is 12.5. The third-order valence-electron chi connectivity index (χ3n) is 13.1. The number of pyridine rings is 3. The van der Waals surface area contributed by atoms with Crippen LogP contribution in [0.3, 0.4) is 0 Å². The van der Waals surface area contributed by atoms with Gasteiger partial charge in [-0.15, -0.1) is 48.0 Å². The van der Waals surface area contributed by atoms with Crippen molar-refractivity contribution in [3.05, 3.63) is 156 Å². The van der Waals surface area contributed by atoms with Crippen LogP contribution in [0.4, 0.5) is 13.2 Å². The Morgan fingerprint density at radius 1 is 0.761 bits per heavy atom. The van der Waals surface area contributed by atoms with Crippen LogP contribution in [-0.4, -0.2) is 23.0 Å². The Hall–Kier alpha value is -5.47. The molecule has 0 N–H and O–H groups in total. The maximum absolute atomic E-state index is 12.5. The fourth-order valence-electron chi connectivity index (χ4n) is 8.97. The van der Waals surface area contributed by atoms with Crippen molar-refractivity contribution in [2.24, 2.45) is 5.41 Å². The first-order valence-electron chi connectivity index (χ1n) is 24.6. The van der Waals surface area contributed by atoms with Crippen LogP contribution in [0.1, 0.15) is 94.1 Å². The normalized spacial score (nSPS) is 16.1. The third kappa shape index (κ3) is 10.1. The van der Waals surface area contributed by atoms with Crippen LogP contribution in [0, 0.1) is 24.4 Å². The second-order valence-corrected chi connectivity index (χ2v) is 25.6. The fourth-order valence-corrected chi connectivity index (χ4v) is 10.0. The van der Waals surface area contributed by atoms with Crippen molar-refractivity contribution in [1.29, 1.82) is 0 Å². The molecule has 0 saturated heterocycles.